The molecular formula is C18H23N3O2S. The highest BCUT2D eigenvalue weighted by atomic mass is 32.1. The topological polar surface area (TPSA) is 68.5 Å². The molecule has 0 atom stereocenters. The third-order valence-corrected chi connectivity index (χ3v) is 5.47. The predicted octanol–water partition coefficient (Wildman–Crippen LogP) is 3.08. The Kier molecular flexibility index (Phi) is 5.04. The van der Waals surface area contributed by atoms with Crippen molar-refractivity contribution in [3.8, 4) is 17.0 Å². The fourth-order valence-electron chi connectivity index (χ4n) is 3.03. The summed E-state index contributed by atoms with van der Waals surface area (Å²) in [5.74, 6) is 0.685. The van der Waals surface area contributed by atoms with E-state index >= 15 is 0 Å². The number of carbonyl (C=O) groups excluding carboxylic acids is 1. The quantitative estimate of drug-likeness (QED) is 0.904. The molecule has 5 nitrogen and oxygen atoms in total. The van der Waals surface area contributed by atoms with Gasteiger partial charge in [-0.15, -0.1) is 11.3 Å². The summed E-state index contributed by atoms with van der Waals surface area (Å²) in [6.07, 6.45) is 2.58. The van der Waals surface area contributed by atoms with Gasteiger partial charge >= 0.3 is 0 Å². The number of rotatable bonds is 5. The Hall–Kier alpha value is -2.08. The van der Waals surface area contributed by atoms with Gasteiger partial charge in [0.05, 0.1) is 12.8 Å². The van der Waals surface area contributed by atoms with E-state index in [1.807, 2.05) is 6.07 Å². The molecule has 3 rings (SSSR count). The Balaban J connectivity index is 1.78. The maximum Gasteiger partial charge on any atom is 0.220 e. The van der Waals surface area contributed by atoms with Crippen molar-refractivity contribution in [3.63, 3.8) is 0 Å². The first-order valence-corrected chi connectivity index (χ1v) is 9.16. The van der Waals surface area contributed by atoms with Gasteiger partial charge in [0.1, 0.15) is 5.75 Å². The van der Waals surface area contributed by atoms with Crippen molar-refractivity contribution in [1.82, 2.24) is 4.98 Å². The number of hydrogen-bond donors (Lipinski definition) is 1. The van der Waals surface area contributed by atoms with E-state index in [0.717, 1.165) is 54.5 Å². The molecule has 1 aromatic carbocycles. The molecule has 1 aromatic heterocycles. The molecule has 128 valence electrons. The summed E-state index contributed by atoms with van der Waals surface area (Å²) in [6.45, 7) is 3.80. The fraction of sp³-hybridized carbons (Fsp3) is 0.444. The first-order valence-electron chi connectivity index (χ1n) is 8.28. The maximum absolute atomic E-state index is 11.3. The highest BCUT2D eigenvalue weighted by molar-refractivity contribution is 7.14. The van der Waals surface area contributed by atoms with E-state index in [9.17, 15) is 4.79 Å². The molecule has 1 aliphatic rings. The molecule has 24 heavy (non-hydrogen) atoms. The van der Waals surface area contributed by atoms with Crippen LogP contribution in [0.4, 0.5) is 5.13 Å². The second kappa shape index (κ2) is 7.21. The molecule has 0 unspecified atom stereocenters. The standard InChI is InChI=1S/C18H23N3O2S/c1-3-12-8-14(10-15(9-12)23-2)16-11-24-18(20-16)21-6-4-13(5-7-21)17(19)22/h8-11,13H,3-7H2,1-2H3,(H2,19,22). The summed E-state index contributed by atoms with van der Waals surface area (Å²) in [7, 11) is 1.69. The van der Waals surface area contributed by atoms with E-state index in [4.69, 9.17) is 15.5 Å². The van der Waals surface area contributed by atoms with Crippen LogP contribution in [-0.2, 0) is 11.2 Å². The van der Waals surface area contributed by atoms with Crippen LogP contribution < -0.4 is 15.4 Å². The van der Waals surface area contributed by atoms with E-state index in [1.165, 1.54) is 5.56 Å². The van der Waals surface area contributed by atoms with Crippen LogP contribution in [0.25, 0.3) is 11.3 Å². The monoisotopic (exact) mass is 345 g/mol. The molecule has 1 saturated heterocycles. The number of amides is 1. The minimum atomic E-state index is -0.182. The summed E-state index contributed by atoms with van der Waals surface area (Å²) in [4.78, 5) is 18.3. The van der Waals surface area contributed by atoms with Crippen molar-refractivity contribution < 1.29 is 9.53 Å². The first kappa shape index (κ1) is 16.8. The van der Waals surface area contributed by atoms with Gasteiger partial charge in [-0.2, -0.15) is 0 Å². The Morgan fingerprint density at radius 3 is 2.75 bits per heavy atom. The molecular weight excluding hydrogens is 322 g/mol. The van der Waals surface area contributed by atoms with Crippen molar-refractivity contribution in [3.05, 3.63) is 29.1 Å². The number of carbonyl (C=O) groups is 1. The second-order valence-corrected chi connectivity index (χ2v) is 6.94. The SMILES string of the molecule is CCc1cc(OC)cc(-c2csc(N3CCC(C(N)=O)CC3)n2)c1. The largest absolute Gasteiger partial charge is 0.497 e. The van der Waals surface area contributed by atoms with Crippen LogP contribution in [0.5, 0.6) is 5.75 Å². The lowest BCUT2D eigenvalue weighted by atomic mass is 9.97. The minimum Gasteiger partial charge on any atom is -0.497 e. The summed E-state index contributed by atoms with van der Waals surface area (Å²) in [5, 5.41) is 3.10. The molecule has 1 fully saturated rings. The molecule has 2 aromatic rings. The minimum absolute atomic E-state index is 0.00572. The third-order valence-electron chi connectivity index (χ3n) is 4.57. The number of aryl methyl sites for hydroxylation is 1. The summed E-state index contributed by atoms with van der Waals surface area (Å²) >= 11 is 1.65. The predicted molar refractivity (Wildman–Crippen MR) is 97.6 cm³/mol. The van der Waals surface area contributed by atoms with Crippen LogP contribution in [0.1, 0.15) is 25.3 Å². The van der Waals surface area contributed by atoms with Gasteiger partial charge in [0.2, 0.25) is 5.91 Å². The lowest BCUT2D eigenvalue weighted by molar-refractivity contribution is -0.122. The number of thiazole rings is 1. The highest BCUT2D eigenvalue weighted by Crippen LogP contribution is 2.32. The molecule has 0 spiro atoms. The van der Waals surface area contributed by atoms with Crippen LogP contribution in [0.15, 0.2) is 23.6 Å². The zero-order valence-electron chi connectivity index (χ0n) is 14.1. The van der Waals surface area contributed by atoms with E-state index in [1.54, 1.807) is 18.4 Å². The number of piperidine rings is 1. The van der Waals surface area contributed by atoms with Crippen LogP contribution >= 0.6 is 11.3 Å². The summed E-state index contributed by atoms with van der Waals surface area (Å²) in [6, 6.07) is 6.25. The number of nitrogens with zero attached hydrogens (tertiary/aromatic N) is 2. The Morgan fingerprint density at radius 2 is 2.12 bits per heavy atom. The normalized spacial score (nSPS) is 15.5. The Morgan fingerprint density at radius 1 is 1.38 bits per heavy atom. The Bertz CT molecular complexity index is 699. The van der Waals surface area contributed by atoms with Crippen molar-refractivity contribution in [2.75, 3.05) is 25.1 Å². The van der Waals surface area contributed by atoms with E-state index in [0.29, 0.717) is 0 Å². The maximum atomic E-state index is 11.3. The third kappa shape index (κ3) is 3.53. The number of benzene rings is 1. The van der Waals surface area contributed by atoms with Crippen molar-refractivity contribution in [2.45, 2.75) is 26.2 Å². The Labute approximate surface area is 146 Å². The van der Waals surface area contributed by atoms with Gasteiger partial charge in [0.25, 0.3) is 0 Å². The summed E-state index contributed by atoms with van der Waals surface area (Å²) in [5.41, 5.74) is 8.70. The van der Waals surface area contributed by atoms with Crippen LogP contribution in [-0.4, -0.2) is 31.1 Å². The fourth-order valence-corrected chi connectivity index (χ4v) is 3.92. The number of nitrogens with two attached hydrogens (primary N) is 1. The van der Waals surface area contributed by atoms with Crippen LogP contribution in [0, 0.1) is 5.92 Å². The molecule has 0 bridgehead atoms. The highest BCUT2D eigenvalue weighted by Gasteiger charge is 2.24. The zero-order valence-corrected chi connectivity index (χ0v) is 14.9. The number of primary amides is 1. The van der Waals surface area contributed by atoms with E-state index < -0.39 is 0 Å². The van der Waals surface area contributed by atoms with Crippen molar-refractivity contribution in [1.29, 1.82) is 0 Å². The second-order valence-electron chi connectivity index (χ2n) is 6.10. The van der Waals surface area contributed by atoms with E-state index in [-0.39, 0.29) is 11.8 Å². The van der Waals surface area contributed by atoms with Gasteiger partial charge in [-0.05, 0) is 43.0 Å². The first-order chi connectivity index (χ1) is 11.6. The lowest BCUT2D eigenvalue weighted by Crippen LogP contribution is -2.38. The average Bonchev–Trinajstić information content (AvgIpc) is 3.11. The van der Waals surface area contributed by atoms with Gasteiger partial charge in [-0.3, -0.25) is 4.79 Å². The number of ether oxygens (including phenoxy) is 1. The molecule has 2 heterocycles. The lowest BCUT2D eigenvalue weighted by Gasteiger charge is -2.30. The van der Waals surface area contributed by atoms with Gasteiger partial charge in [-0.1, -0.05) is 6.92 Å². The smallest absolute Gasteiger partial charge is 0.220 e. The van der Waals surface area contributed by atoms with Crippen molar-refractivity contribution >= 4 is 22.4 Å². The number of methoxy groups -OCH3 is 1. The molecule has 1 amide bonds. The van der Waals surface area contributed by atoms with Gasteiger partial charge in [-0.25, -0.2) is 4.98 Å². The van der Waals surface area contributed by atoms with Gasteiger partial charge < -0.3 is 15.4 Å². The van der Waals surface area contributed by atoms with Crippen LogP contribution in [0.2, 0.25) is 0 Å². The van der Waals surface area contributed by atoms with Crippen molar-refractivity contribution in [2.24, 2.45) is 11.7 Å². The molecule has 2 N–H and O–H groups in total. The number of anilines is 1. The number of aromatic nitrogens is 1. The number of hydrogen-bond acceptors (Lipinski definition) is 5. The molecule has 6 heteroatoms. The molecule has 0 radical (unpaired) electrons. The van der Waals surface area contributed by atoms with Gasteiger partial charge in [0.15, 0.2) is 5.13 Å². The molecule has 0 saturated carbocycles. The average molecular weight is 345 g/mol. The zero-order chi connectivity index (χ0) is 17.1. The molecule has 1 aliphatic heterocycles. The summed E-state index contributed by atoms with van der Waals surface area (Å²) < 4.78 is 5.40. The molecule has 0 aliphatic carbocycles. The van der Waals surface area contributed by atoms with Crippen LogP contribution in [0.3, 0.4) is 0 Å². The van der Waals surface area contributed by atoms with Gasteiger partial charge in [0, 0.05) is 30.0 Å². The van der Waals surface area contributed by atoms with E-state index in [2.05, 4.69) is 29.3 Å².